The number of aromatic hydroxyl groups is 1. The van der Waals surface area contributed by atoms with Crippen LogP contribution in [0.1, 0.15) is 39.1 Å². The molecule has 0 spiro atoms. The van der Waals surface area contributed by atoms with Gasteiger partial charge in [0.05, 0.1) is 46.6 Å². The molecule has 2 aliphatic rings. The number of aromatic nitrogens is 3. The number of carbonyl (C=O) groups is 2. The SMILES string of the molecule is COc1cc(C#N)ccc1OC[C@H](O)CNc1ccnc(O)c1-c1nc2cc3c(cc2[nH]1)C(=O)N(C1CCN(C)CC1)C3=O. The van der Waals surface area contributed by atoms with E-state index in [1.807, 2.05) is 13.1 Å². The van der Waals surface area contributed by atoms with Crippen LogP contribution in [0.5, 0.6) is 17.4 Å². The van der Waals surface area contributed by atoms with Crippen molar-refractivity contribution < 1.29 is 29.3 Å². The zero-order valence-electron chi connectivity index (χ0n) is 24.2. The molecule has 2 aromatic heterocycles. The van der Waals surface area contributed by atoms with E-state index in [9.17, 15) is 19.8 Å². The molecule has 13 heteroatoms. The van der Waals surface area contributed by atoms with Crippen molar-refractivity contribution in [2.24, 2.45) is 0 Å². The van der Waals surface area contributed by atoms with Gasteiger partial charge in [0.15, 0.2) is 11.5 Å². The van der Waals surface area contributed by atoms with Crippen LogP contribution in [-0.4, -0.2) is 99.3 Å². The van der Waals surface area contributed by atoms with Gasteiger partial charge in [0, 0.05) is 24.8 Å². The van der Waals surface area contributed by atoms with Crippen LogP contribution < -0.4 is 14.8 Å². The fourth-order valence-electron chi connectivity index (χ4n) is 5.63. The number of amides is 2. The Hall–Kier alpha value is -5.19. The largest absolute Gasteiger partial charge is 0.493 e. The normalized spacial score (nSPS) is 16.2. The number of benzene rings is 2. The minimum Gasteiger partial charge on any atom is -0.493 e. The highest BCUT2D eigenvalue weighted by molar-refractivity contribution is 6.23. The summed E-state index contributed by atoms with van der Waals surface area (Å²) in [6, 6.07) is 11.5. The third-order valence-electron chi connectivity index (χ3n) is 7.99. The Morgan fingerprint density at radius 3 is 2.61 bits per heavy atom. The summed E-state index contributed by atoms with van der Waals surface area (Å²) in [5.74, 6) is 0.117. The number of ether oxygens (including phenoxy) is 2. The van der Waals surface area contributed by atoms with E-state index >= 15 is 0 Å². The van der Waals surface area contributed by atoms with Crippen LogP contribution >= 0.6 is 0 Å². The predicted octanol–water partition coefficient (Wildman–Crippen LogP) is 2.75. The van der Waals surface area contributed by atoms with Gasteiger partial charge in [-0.2, -0.15) is 5.26 Å². The molecule has 13 nitrogen and oxygen atoms in total. The lowest BCUT2D eigenvalue weighted by atomic mass is 10.0. The molecule has 1 saturated heterocycles. The van der Waals surface area contributed by atoms with E-state index in [1.165, 1.54) is 18.2 Å². The average Bonchev–Trinajstić information content (AvgIpc) is 3.55. The number of fused-ring (bicyclic) bond motifs is 2. The summed E-state index contributed by atoms with van der Waals surface area (Å²) in [5, 5.41) is 33.5. The molecule has 2 aliphatic heterocycles. The molecular formula is C31H31N7O6. The first kappa shape index (κ1) is 28.9. The van der Waals surface area contributed by atoms with Crippen molar-refractivity contribution in [2.75, 3.05) is 45.7 Å². The van der Waals surface area contributed by atoms with E-state index in [0.29, 0.717) is 44.9 Å². The number of nitriles is 1. The van der Waals surface area contributed by atoms with E-state index in [0.717, 1.165) is 25.9 Å². The zero-order valence-corrected chi connectivity index (χ0v) is 24.2. The Balaban J connectivity index is 1.18. The second kappa shape index (κ2) is 11.8. The van der Waals surface area contributed by atoms with Gasteiger partial charge in [-0.1, -0.05) is 0 Å². The number of rotatable bonds is 9. The fourth-order valence-corrected chi connectivity index (χ4v) is 5.63. The van der Waals surface area contributed by atoms with Crippen molar-refractivity contribution in [3.8, 4) is 34.8 Å². The van der Waals surface area contributed by atoms with Crippen LogP contribution in [0, 0.1) is 11.3 Å². The molecule has 1 atom stereocenters. The summed E-state index contributed by atoms with van der Waals surface area (Å²) in [7, 11) is 3.49. The molecule has 4 N–H and O–H groups in total. The second-order valence-electron chi connectivity index (χ2n) is 10.9. The van der Waals surface area contributed by atoms with Crippen LogP contribution in [0.25, 0.3) is 22.4 Å². The van der Waals surface area contributed by atoms with Crippen molar-refractivity contribution in [1.29, 1.82) is 5.26 Å². The maximum Gasteiger partial charge on any atom is 0.261 e. The smallest absolute Gasteiger partial charge is 0.261 e. The quantitative estimate of drug-likeness (QED) is 0.209. The minimum atomic E-state index is -0.957. The van der Waals surface area contributed by atoms with Crippen molar-refractivity contribution >= 4 is 28.5 Å². The Morgan fingerprint density at radius 1 is 1.14 bits per heavy atom. The number of hydrogen-bond donors (Lipinski definition) is 4. The van der Waals surface area contributed by atoms with Gasteiger partial charge in [-0.25, -0.2) is 9.97 Å². The van der Waals surface area contributed by atoms with E-state index in [1.54, 1.807) is 36.4 Å². The van der Waals surface area contributed by atoms with E-state index in [4.69, 9.17) is 14.7 Å². The number of imide groups is 1. The van der Waals surface area contributed by atoms with Crippen LogP contribution in [0.15, 0.2) is 42.6 Å². The van der Waals surface area contributed by atoms with Gasteiger partial charge in [-0.05, 0) is 63.3 Å². The third kappa shape index (κ3) is 5.36. The number of H-pyrrole nitrogens is 1. The van der Waals surface area contributed by atoms with Gasteiger partial charge >= 0.3 is 0 Å². The summed E-state index contributed by atoms with van der Waals surface area (Å²) in [6.45, 7) is 1.63. The van der Waals surface area contributed by atoms with Gasteiger partial charge in [0.2, 0.25) is 5.88 Å². The molecule has 226 valence electrons. The molecule has 4 heterocycles. The van der Waals surface area contributed by atoms with E-state index in [-0.39, 0.29) is 48.3 Å². The van der Waals surface area contributed by atoms with Crippen molar-refractivity contribution in [2.45, 2.75) is 25.0 Å². The molecule has 0 aliphatic carbocycles. The molecular weight excluding hydrogens is 566 g/mol. The van der Waals surface area contributed by atoms with E-state index < -0.39 is 6.10 Å². The molecule has 0 unspecified atom stereocenters. The number of anilines is 1. The lowest BCUT2D eigenvalue weighted by Gasteiger charge is -2.33. The van der Waals surface area contributed by atoms with Gasteiger partial charge in [-0.15, -0.1) is 0 Å². The molecule has 0 bridgehead atoms. The molecule has 6 rings (SSSR count). The third-order valence-corrected chi connectivity index (χ3v) is 7.99. The van der Waals surface area contributed by atoms with Crippen LogP contribution in [0.3, 0.4) is 0 Å². The molecule has 0 saturated carbocycles. The molecule has 0 radical (unpaired) electrons. The number of piperidine rings is 1. The first-order valence-corrected chi connectivity index (χ1v) is 14.2. The highest BCUT2D eigenvalue weighted by Crippen LogP contribution is 2.36. The first-order chi connectivity index (χ1) is 21.3. The number of hydrogen-bond acceptors (Lipinski definition) is 11. The number of pyridine rings is 1. The lowest BCUT2D eigenvalue weighted by Crippen LogP contribution is -2.46. The molecule has 2 aromatic carbocycles. The Morgan fingerprint density at radius 2 is 1.89 bits per heavy atom. The van der Waals surface area contributed by atoms with Crippen LogP contribution in [0.2, 0.25) is 0 Å². The zero-order chi connectivity index (χ0) is 31.0. The topological polar surface area (TPSA) is 177 Å². The minimum absolute atomic E-state index is 0.0549. The Bertz CT molecular complexity index is 1740. The molecule has 4 aromatic rings. The number of nitrogens with one attached hydrogen (secondary N) is 2. The lowest BCUT2D eigenvalue weighted by molar-refractivity contribution is 0.0516. The summed E-state index contributed by atoms with van der Waals surface area (Å²) in [5.41, 5.74) is 2.76. The number of aliphatic hydroxyl groups excluding tert-OH is 1. The van der Waals surface area contributed by atoms with E-state index in [2.05, 4.69) is 25.2 Å². The van der Waals surface area contributed by atoms with Gasteiger partial charge < -0.3 is 34.9 Å². The predicted molar refractivity (Wildman–Crippen MR) is 160 cm³/mol. The van der Waals surface area contributed by atoms with Gasteiger partial charge in [0.1, 0.15) is 24.1 Å². The highest BCUT2D eigenvalue weighted by Gasteiger charge is 2.41. The number of aromatic amines is 1. The Labute approximate surface area is 252 Å². The number of aliphatic hydroxyl groups is 1. The van der Waals surface area contributed by atoms with Crippen molar-refractivity contribution in [1.82, 2.24) is 24.8 Å². The Kier molecular flexibility index (Phi) is 7.77. The number of methoxy groups -OCH3 is 1. The second-order valence-corrected chi connectivity index (χ2v) is 10.9. The summed E-state index contributed by atoms with van der Waals surface area (Å²) >= 11 is 0. The number of carbonyl (C=O) groups excluding carboxylic acids is 2. The van der Waals surface area contributed by atoms with Crippen LogP contribution in [-0.2, 0) is 0 Å². The maximum absolute atomic E-state index is 13.3. The number of nitrogens with zero attached hydrogens (tertiary/aromatic N) is 5. The van der Waals surface area contributed by atoms with Crippen molar-refractivity contribution in [3.05, 3.63) is 59.3 Å². The molecule has 1 fully saturated rings. The standard InChI is InChI=1S/C31H31N7O6/c1-37-9-6-18(7-10-37)38-30(41)20-12-23-24(13-21(20)31(38)42)36-28(35-23)27-22(5-8-33-29(27)40)34-15-19(39)16-44-25-4-3-17(14-32)11-26(25)43-2/h3-5,8,11-13,18-19,39H,6-7,9-10,15-16H2,1-2H3,(H,35,36)(H2,33,34,40)/t19-/m1/s1. The van der Waals surface area contributed by atoms with Gasteiger partial charge in [-0.3, -0.25) is 14.5 Å². The molecule has 2 amide bonds. The monoisotopic (exact) mass is 597 g/mol. The van der Waals surface area contributed by atoms with Gasteiger partial charge in [0.25, 0.3) is 11.8 Å². The average molecular weight is 598 g/mol. The highest BCUT2D eigenvalue weighted by atomic mass is 16.5. The summed E-state index contributed by atoms with van der Waals surface area (Å²) < 4.78 is 11.0. The maximum atomic E-state index is 13.3. The first-order valence-electron chi connectivity index (χ1n) is 14.2. The van der Waals surface area contributed by atoms with Crippen LogP contribution in [0.4, 0.5) is 5.69 Å². The van der Waals surface area contributed by atoms with Crippen molar-refractivity contribution in [3.63, 3.8) is 0 Å². The summed E-state index contributed by atoms with van der Waals surface area (Å²) in [6.07, 6.45) is 1.94. The summed E-state index contributed by atoms with van der Waals surface area (Å²) in [4.78, 5) is 42.0. The number of likely N-dealkylation sites (tertiary alicyclic amines) is 1. The molecule has 44 heavy (non-hydrogen) atoms. The number of imidazole rings is 1. The fraction of sp³-hybridized carbons (Fsp3) is 0.323.